The SMILES string of the molecule is c1ccc(-c2nc(-c3ccccc3)c3cc(-n4c5ccccc5c5cc(-c6ccc7c(c6)c6cc(-c8cccc9c8oc8ccccc89)ccc6n7-c6ccc(-c7cccc8c7oc7ccccc78)cc6)ccc54)ccc3n2)cc1. The molecule has 6 heteroatoms. The smallest absolute Gasteiger partial charge is 0.160 e. The molecule has 0 N–H and O–H groups in total. The van der Waals surface area contributed by atoms with E-state index in [4.69, 9.17) is 18.8 Å². The van der Waals surface area contributed by atoms with Gasteiger partial charge in [0.05, 0.1) is 33.3 Å². The quantitative estimate of drug-likeness (QED) is 0.160. The third-order valence-electron chi connectivity index (χ3n) is 16.3. The molecule has 80 heavy (non-hydrogen) atoms. The van der Waals surface area contributed by atoms with Crippen molar-refractivity contribution in [2.45, 2.75) is 0 Å². The Hall–Kier alpha value is -10.8. The Morgan fingerprint density at radius 1 is 0.263 bits per heavy atom. The minimum atomic E-state index is 0.709. The number of para-hydroxylation sites is 5. The second kappa shape index (κ2) is 17.3. The zero-order chi connectivity index (χ0) is 52.4. The second-order valence-corrected chi connectivity index (χ2v) is 20.8. The molecule has 17 rings (SSSR count). The summed E-state index contributed by atoms with van der Waals surface area (Å²) in [6.45, 7) is 0. The molecule has 0 fully saturated rings. The first kappa shape index (κ1) is 44.3. The molecule has 0 saturated carbocycles. The highest BCUT2D eigenvalue weighted by Crippen LogP contribution is 2.43. The van der Waals surface area contributed by atoms with Gasteiger partial charge in [0.15, 0.2) is 5.82 Å². The fraction of sp³-hybridized carbons (Fsp3) is 0. The van der Waals surface area contributed by atoms with E-state index in [0.29, 0.717) is 5.82 Å². The van der Waals surface area contributed by atoms with Crippen molar-refractivity contribution in [1.29, 1.82) is 0 Å². The zero-order valence-electron chi connectivity index (χ0n) is 43.0. The van der Waals surface area contributed by atoms with Gasteiger partial charge in [0.25, 0.3) is 0 Å². The summed E-state index contributed by atoms with van der Waals surface area (Å²) in [7, 11) is 0. The molecule has 17 aromatic rings. The fourth-order valence-corrected chi connectivity index (χ4v) is 12.6. The summed E-state index contributed by atoms with van der Waals surface area (Å²) < 4.78 is 17.9. The summed E-state index contributed by atoms with van der Waals surface area (Å²) in [5, 5.41) is 10.2. The number of fused-ring (bicyclic) bond motifs is 13. The van der Waals surface area contributed by atoms with Crippen LogP contribution in [-0.4, -0.2) is 19.1 Å². The molecule has 0 spiro atoms. The highest BCUT2D eigenvalue weighted by molar-refractivity contribution is 6.16. The van der Waals surface area contributed by atoms with Gasteiger partial charge < -0.3 is 18.0 Å². The summed E-state index contributed by atoms with van der Waals surface area (Å²) in [6.07, 6.45) is 0. The molecular formula is C74H44N4O2. The highest BCUT2D eigenvalue weighted by atomic mass is 16.3. The first-order chi connectivity index (χ1) is 39.6. The van der Waals surface area contributed by atoms with Crippen LogP contribution in [0.1, 0.15) is 0 Å². The van der Waals surface area contributed by atoms with Gasteiger partial charge in [-0.3, -0.25) is 0 Å². The lowest BCUT2D eigenvalue weighted by Gasteiger charge is -2.13. The number of nitrogens with zero attached hydrogens (tertiary/aromatic N) is 4. The van der Waals surface area contributed by atoms with Crippen LogP contribution in [0.4, 0.5) is 0 Å². The third-order valence-corrected chi connectivity index (χ3v) is 16.3. The van der Waals surface area contributed by atoms with E-state index in [2.05, 4.69) is 234 Å². The van der Waals surface area contributed by atoms with Crippen LogP contribution in [0.2, 0.25) is 0 Å². The van der Waals surface area contributed by atoms with Gasteiger partial charge in [-0.1, -0.05) is 182 Å². The lowest BCUT2D eigenvalue weighted by atomic mass is 9.98. The van der Waals surface area contributed by atoms with E-state index in [1.54, 1.807) is 0 Å². The normalized spacial score (nSPS) is 12.0. The van der Waals surface area contributed by atoms with Crippen molar-refractivity contribution >= 4 is 98.4 Å². The van der Waals surface area contributed by atoms with Crippen LogP contribution in [0.15, 0.2) is 276 Å². The largest absolute Gasteiger partial charge is 0.455 e. The van der Waals surface area contributed by atoms with Gasteiger partial charge in [-0.25, -0.2) is 9.97 Å². The van der Waals surface area contributed by atoms with Crippen molar-refractivity contribution in [1.82, 2.24) is 19.1 Å². The Kier molecular flexibility index (Phi) is 9.61. The molecule has 0 radical (unpaired) electrons. The minimum Gasteiger partial charge on any atom is -0.455 e. The number of benzene rings is 12. The van der Waals surface area contributed by atoms with Gasteiger partial charge in [-0.05, 0) is 107 Å². The van der Waals surface area contributed by atoms with Crippen molar-refractivity contribution in [3.63, 3.8) is 0 Å². The lowest BCUT2D eigenvalue weighted by Crippen LogP contribution is -1.98. The maximum atomic E-state index is 6.62. The second-order valence-electron chi connectivity index (χ2n) is 20.8. The molecule has 0 aliphatic heterocycles. The van der Waals surface area contributed by atoms with E-state index in [9.17, 15) is 0 Å². The van der Waals surface area contributed by atoms with Crippen molar-refractivity contribution in [2.24, 2.45) is 0 Å². The third kappa shape index (κ3) is 6.79. The molecular weight excluding hydrogens is 977 g/mol. The van der Waals surface area contributed by atoms with E-state index >= 15 is 0 Å². The Bertz CT molecular complexity index is 5350. The lowest BCUT2D eigenvalue weighted by molar-refractivity contribution is 0.669. The van der Waals surface area contributed by atoms with E-state index in [1.807, 2.05) is 42.5 Å². The number of rotatable bonds is 7. The molecule has 0 saturated heterocycles. The molecule has 0 unspecified atom stereocenters. The van der Waals surface area contributed by atoms with Crippen molar-refractivity contribution in [3.8, 4) is 67.4 Å². The summed E-state index contributed by atoms with van der Waals surface area (Å²) in [5.41, 5.74) is 20.7. The highest BCUT2D eigenvalue weighted by Gasteiger charge is 2.21. The minimum absolute atomic E-state index is 0.709. The predicted molar refractivity (Wildman–Crippen MR) is 330 cm³/mol. The topological polar surface area (TPSA) is 61.9 Å². The molecule has 372 valence electrons. The summed E-state index contributed by atoms with van der Waals surface area (Å²) >= 11 is 0. The Morgan fingerprint density at radius 2 is 0.725 bits per heavy atom. The maximum Gasteiger partial charge on any atom is 0.160 e. The summed E-state index contributed by atoms with van der Waals surface area (Å²) in [6, 6.07) is 95.2. The van der Waals surface area contributed by atoms with Crippen LogP contribution in [0.5, 0.6) is 0 Å². The van der Waals surface area contributed by atoms with Gasteiger partial charge in [-0.2, -0.15) is 0 Å². The van der Waals surface area contributed by atoms with Crippen LogP contribution in [0.25, 0.3) is 166 Å². The van der Waals surface area contributed by atoms with Crippen LogP contribution >= 0.6 is 0 Å². The van der Waals surface area contributed by atoms with Gasteiger partial charge in [0.2, 0.25) is 0 Å². The van der Waals surface area contributed by atoms with Gasteiger partial charge >= 0.3 is 0 Å². The molecule has 0 aliphatic carbocycles. The average molecular weight is 1020 g/mol. The van der Waals surface area contributed by atoms with E-state index in [1.165, 1.54) is 10.8 Å². The molecule has 5 heterocycles. The van der Waals surface area contributed by atoms with Crippen LogP contribution in [-0.2, 0) is 0 Å². The number of hydrogen-bond acceptors (Lipinski definition) is 4. The molecule has 0 atom stereocenters. The van der Waals surface area contributed by atoms with Crippen LogP contribution in [0.3, 0.4) is 0 Å². The zero-order valence-corrected chi connectivity index (χ0v) is 43.0. The Labute approximate surface area is 458 Å². The standard InChI is InChI=1S/C74H44N4O2/c1-3-15-46(16-4-1)71-63-44-52(36-37-64(63)75-74(76-71)47-17-5-2-6-18-47)78-65-26-10-7-19-55(65)60-41-48(31-38-66(60)78)49-32-39-67-61(42-49)62-43-50(54-23-14-25-59-57-21-9-12-28-70(57)80-73(54)59)33-40-68(62)77(67)51-34-29-45(30-35-51)53-22-13-24-58-56-20-8-11-27-69(56)79-72(53)58/h1-44H. The first-order valence-corrected chi connectivity index (χ1v) is 27.1. The Balaban J connectivity index is 0.823. The molecule has 12 aromatic carbocycles. The number of aromatic nitrogens is 4. The van der Waals surface area contributed by atoms with Crippen molar-refractivity contribution < 1.29 is 8.83 Å². The molecule has 0 bridgehead atoms. The van der Waals surface area contributed by atoms with Gasteiger partial charge in [0.1, 0.15) is 22.3 Å². The average Bonchev–Trinajstić information content (AvgIpc) is 4.44. The molecule has 5 aromatic heterocycles. The van der Waals surface area contributed by atoms with E-state index < -0.39 is 0 Å². The molecule has 0 aliphatic rings. The van der Waals surface area contributed by atoms with Crippen LogP contribution in [0, 0.1) is 0 Å². The number of furan rings is 2. The van der Waals surface area contributed by atoms with E-state index in [0.717, 1.165) is 149 Å². The first-order valence-electron chi connectivity index (χ1n) is 27.1. The Morgan fingerprint density at radius 3 is 1.36 bits per heavy atom. The maximum absolute atomic E-state index is 6.62. The van der Waals surface area contributed by atoms with Gasteiger partial charge in [-0.15, -0.1) is 0 Å². The van der Waals surface area contributed by atoms with Gasteiger partial charge in [0, 0.05) is 82.1 Å². The molecule has 6 nitrogen and oxygen atoms in total. The van der Waals surface area contributed by atoms with E-state index in [-0.39, 0.29) is 0 Å². The van der Waals surface area contributed by atoms with Crippen LogP contribution < -0.4 is 0 Å². The predicted octanol–water partition coefficient (Wildman–Crippen LogP) is 20.0. The number of hydrogen-bond donors (Lipinski definition) is 0. The summed E-state index contributed by atoms with van der Waals surface area (Å²) in [4.78, 5) is 10.4. The summed E-state index contributed by atoms with van der Waals surface area (Å²) in [5.74, 6) is 0.709. The monoisotopic (exact) mass is 1020 g/mol. The molecule has 0 amide bonds. The van der Waals surface area contributed by atoms with Crippen molar-refractivity contribution in [3.05, 3.63) is 267 Å². The van der Waals surface area contributed by atoms with Crippen molar-refractivity contribution in [2.75, 3.05) is 0 Å². The fourth-order valence-electron chi connectivity index (χ4n) is 12.6.